The molecule has 1 heterocycles. The molecular formula is C35H36N2O2. The van der Waals surface area contributed by atoms with Gasteiger partial charge in [0, 0.05) is 43.0 Å². The van der Waals surface area contributed by atoms with Gasteiger partial charge in [-0.3, -0.25) is 4.79 Å². The third kappa shape index (κ3) is 4.80. The van der Waals surface area contributed by atoms with Gasteiger partial charge in [-0.15, -0.1) is 0 Å². The highest BCUT2D eigenvalue weighted by molar-refractivity contribution is 6.13. The van der Waals surface area contributed by atoms with Crippen LogP contribution >= 0.6 is 0 Å². The number of ketones is 1. The van der Waals surface area contributed by atoms with Gasteiger partial charge in [-0.25, -0.2) is 0 Å². The number of unbranched alkanes of at least 4 members (excludes halogenated alkanes) is 1. The number of benzene rings is 4. The van der Waals surface area contributed by atoms with Crippen LogP contribution in [-0.2, 0) is 4.79 Å². The first kappa shape index (κ1) is 25.2. The Kier molecular flexibility index (Phi) is 6.86. The number of rotatable bonds is 7. The first-order valence-corrected chi connectivity index (χ1v) is 14.1. The lowest BCUT2D eigenvalue weighted by Crippen LogP contribution is -2.29. The lowest BCUT2D eigenvalue weighted by atomic mass is 9.71. The molecule has 0 saturated heterocycles. The third-order valence-corrected chi connectivity index (χ3v) is 8.19. The van der Waals surface area contributed by atoms with E-state index in [1.807, 2.05) is 14.1 Å². The molecule has 0 unspecified atom stereocenters. The fourth-order valence-electron chi connectivity index (χ4n) is 6.07. The number of fused-ring (bicyclic) bond motifs is 4. The van der Waals surface area contributed by atoms with Crippen molar-refractivity contribution in [2.75, 3.05) is 30.9 Å². The predicted octanol–water partition coefficient (Wildman–Crippen LogP) is 8.15. The summed E-state index contributed by atoms with van der Waals surface area (Å²) in [6.45, 7) is 2.91. The summed E-state index contributed by atoms with van der Waals surface area (Å²) in [4.78, 5) is 16.1. The van der Waals surface area contributed by atoms with Crippen molar-refractivity contribution in [2.45, 2.75) is 44.6 Å². The SMILES string of the molecule is CCCCOc1ccc([C@H]2CC(=O)C3=C(C2)c2c(ccc4ccccc24)N[C@@H]3c2ccc(N(C)C)cc2)cc1. The largest absolute Gasteiger partial charge is 0.494 e. The molecule has 0 aromatic heterocycles. The van der Waals surface area contributed by atoms with E-state index >= 15 is 0 Å². The van der Waals surface area contributed by atoms with Crippen molar-refractivity contribution in [1.29, 1.82) is 0 Å². The molecule has 1 N–H and O–H groups in total. The van der Waals surface area contributed by atoms with Crippen LogP contribution in [0.1, 0.15) is 61.3 Å². The van der Waals surface area contributed by atoms with Crippen molar-refractivity contribution < 1.29 is 9.53 Å². The Morgan fingerprint density at radius 3 is 2.36 bits per heavy atom. The molecule has 0 amide bonds. The Balaban J connectivity index is 1.42. The van der Waals surface area contributed by atoms with Crippen LogP contribution in [0.2, 0.25) is 0 Å². The summed E-state index contributed by atoms with van der Waals surface area (Å²) in [5.41, 5.74) is 7.85. The van der Waals surface area contributed by atoms with Gasteiger partial charge in [0.2, 0.25) is 0 Å². The maximum atomic E-state index is 14.0. The van der Waals surface area contributed by atoms with E-state index in [0.717, 1.165) is 54.1 Å². The van der Waals surface area contributed by atoms with Crippen molar-refractivity contribution in [1.82, 2.24) is 0 Å². The van der Waals surface area contributed by atoms with E-state index in [2.05, 4.69) is 102 Å². The van der Waals surface area contributed by atoms with Crippen LogP contribution < -0.4 is 15.0 Å². The molecule has 4 heteroatoms. The summed E-state index contributed by atoms with van der Waals surface area (Å²) >= 11 is 0. The lowest BCUT2D eigenvalue weighted by Gasteiger charge is -2.37. The van der Waals surface area contributed by atoms with Gasteiger partial charge in [-0.05, 0) is 76.6 Å². The normalized spacial score (nSPS) is 18.4. The van der Waals surface area contributed by atoms with E-state index in [0.29, 0.717) is 6.42 Å². The summed E-state index contributed by atoms with van der Waals surface area (Å²) in [7, 11) is 4.09. The van der Waals surface area contributed by atoms with Crippen LogP contribution in [0.4, 0.5) is 11.4 Å². The second kappa shape index (κ2) is 10.6. The van der Waals surface area contributed by atoms with E-state index in [1.54, 1.807) is 0 Å². The molecule has 1 aliphatic heterocycles. The van der Waals surface area contributed by atoms with Gasteiger partial charge < -0.3 is 15.0 Å². The Hall–Kier alpha value is -4.05. The number of carbonyl (C=O) groups is 1. The quantitative estimate of drug-likeness (QED) is 0.252. The molecule has 6 rings (SSSR count). The van der Waals surface area contributed by atoms with Gasteiger partial charge in [-0.1, -0.05) is 67.9 Å². The Morgan fingerprint density at radius 1 is 0.872 bits per heavy atom. The van der Waals surface area contributed by atoms with Gasteiger partial charge in [0.15, 0.2) is 5.78 Å². The molecule has 198 valence electrons. The van der Waals surface area contributed by atoms with E-state index in [-0.39, 0.29) is 17.7 Å². The second-order valence-corrected chi connectivity index (χ2v) is 11.0. The number of allylic oxidation sites excluding steroid dienone is 1. The summed E-state index contributed by atoms with van der Waals surface area (Å²) < 4.78 is 5.89. The molecule has 1 aliphatic carbocycles. The van der Waals surface area contributed by atoms with Crippen molar-refractivity contribution in [3.8, 4) is 5.75 Å². The Bertz CT molecular complexity index is 1530. The number of carbonyl (C=O) groups excluding carboxylic acids is 1. The van der Waals surface area contributed by atoms with Crippen LogP contribution in [0.25, 0.3) is 16.3 Å². The van der Waals surface area contributed by atoms with Crippen LogP contribution in [0.5, 0.6) is 5.75 Å². The average molecular weight is 517 g/mol. The zero-order valence-corrected chi connectivity index (χ0v) is 23.0. The van der Waals surface area contributed by atoms with Gasteiger partial charge in [-0.2, -0.15) is 0 Å². The number of hydrogen-bond donors (Lipinski definition) is 1. The lowest BCUT2D eigenvalue weighted by molar-refractivity contribution is -0.116. The molecule has 4 aromatic carbocycles. The first-order chi connectivity index (χ1) is 19.0. The smallest absolute Gasteiger partial charge is 0.162 e. The standard InChI is InChI=1S/C35H36N2O2/c1-4-5-20-39-28-17-12-23(13-18-28)26-21-30-33-29-9-7-6-8-24(29)14-19-31(33)36-35(34(30)32(38)22-26)25-10-15-27(16-11-25)37(2)3/h6-19,26,35-36H,4-5,20-22H2,1-3H3/t26-,35-/m1/s1. The summed E-state index contributed by atoms with van der Waals surface area (Å²) in [5, 5.41) is 6.16. The number of hydrogen-bond acceptors (Lipinski definition) is 4. The molecule has 0 spiro atoms. The highest BCUT2D eigenvalue weighted by Crippen LogP contribution is 2.51. The van der Waals surface area contributed by atoms with Crippen molar-refractivity contribution in [3.05, 3.63) is 107 Å². The topological polar surface area (TPSA) is 41.6 Å². The van der Waals surface area contributed by atoms with E-state index in [1.165, 1.54) is 27.5 Å². The first-order valence-electron chi connectivity index (χ1n) is 14.1. The number of nitrogens with one attached hydrogen (secondary N) is 1. The fourth-order valence-corrected chi connectivity index (χ4v) is 6.07. The number of nitrogens with zero attached hydrogens (tertiary/aromatic N) is 1. The van der Waals surface area contributed by atoms with E-state index in [9.17, 15) is 4.79 Å². The van der Waals surface area contributed by atoms with Crippen molar-refractivity contribution in [3.63, 3.8) is 0 Å². The minimum Gasteiger partial charge on any atom is -0.494 e. The maximum absolute atomic E-state index is 14.0. The fraction of sp³-hybridized carbons (Fsp3) is 0.286. The Morgan fingerprint density at radius 2 is 1.62 bits per heavy atom. The van der Waals surface area contributed by atoms with Gasteiger partial charge in [0.1, 0.15) is 5.75 Å². The van der Waals surface area contributed by atoms with E-state index in [4.69, 9.17) is 4.74 Å². The Labute approximate surface area is 231 Å². The summed E-state index contributed by atoms with van der Waals surface area (Å²) in [5.74, 6) is 1.27. The molecule has 39 heavy (non-hydrogen) atoms. The summed E-state index contributed by atoms with van der Waals surface area (Å²) in [6, 6.07) is 29.7. The zero-order chi connectivity index (χ0) is 26.9. The van der Waals surface area contributed by atoms with Crippen molar-refractivity contribution in [2.24, 2.45) is 0 Å². The number of ether oxygens (including phenoxy) is 1. The molecule has 0 fully saturated rings. The van der Waals surface area contributed by atoms with Gasteiger partial charge in [0.05, 0.1) is 12.6 Å². The molecule has 2 atom stereocenters. The minimum absolute atomic E-state index is 0.141. The maximum Gasteiger partial charge on any atom is 0.162 e. The van der Waals surface area contributed by atoms with Gasteiger partial charge >= 0.3 is 0 Å². The average Bonchev–Trinajstić information content (AvgIpc) is 2.97. The number of Topliss-reactive ketones (excluding diaryl/α,β-unsaturated/α-hetero) is 1. The molecule has 4 aromatic rings. The van der Waals surface area contributed by atoms with Crippen LogP contribution in [0.3, 0.4) is 0 Å². The minimum atomic E-state index is -0.160. The van der Waals surface area contributed by atoms with Crippen molar-refractivity contribution >= 4 is 33.5 Å². The number of anilines is 2. The molecule has 2 aliphatic rings. The van der Waals surface area contributed by atoms with Crippen LogP contribution in [0, 0.1) is 0 Å². The zero-order valence-electron chi connectivity index (χ0n) is 23.0. The highest BCUT2D eigenvalue weighted by Gasteiger charge is 2.38. The predicted molar refractivity (Wildman–Crippen MR) is 162 cm³/mol. The molecular weight excluding hydrogens is 480 g/mol. The second-order valence-electron chi connectivity index (χ2n) is 11.0. The summed E-state index contributed by atoms with van der Waals surface area (Å²) in [6.07, 6.45) is 3.52. The highest BCUT2D eigenvalue weighted by atomic mass is 16.5. The monoisotopic (exact) mass is 516 g/mol. The molecule has 0 saturated carbocycles. The van der Waals surface area contributed by atoms with E-state index < -0.39 is 0 Å². The van der Waals surface area contributed by atoms with Gasteiger partial charge in [0.25, 0.3) is 0 Å². The van der Waals surface area contributed by atoms with Crippen LogP contribution in [-0.4, -0.2) is 26.5 Å². The molecule has 0 bridgehead atoms. The molecule has 4 nitrogen and oxygen atoms in total. The third-order valence-electron chi connectivity index (χ3n) is 8.19. The molecule has 0 radical (unpaired) electrons. The van der Waals surface area contributed by atoms with Crippen LogP contribution in [0.15, 0.2) is 90.5 Å².